The first-order valence-corrected chi connectivity index (χ1v) is 9.50. The van der Waals surface area contributed by atoms with Crippen LogP contribution >= 0.6 is 11.6 Å². The van der Waals surface area contributed by atoms with E-state index < -0.39 is 0 Å². The molecule has 144 valence electrons. The van der Waals surface area contributed by atoms with E-state index in [1.807, 2.05) is 30.4 Å². The van der Waals surface area contributed by atoms with Crippen LogP contribution in [0.25, 0.3) is 6.08 Å². The van der Waals surface area contributed by atoms with Crippen LogP contribution < -0.4 is 4.74 Å². The molecule has 0 radical (unpaired) electrons. The summed E-state index contributed by atoms with van der Waals surface area (Å²) in [5.74, 6) is 2.30. The number of aliphatic imine (C=N–C) groups is 2. The summed E-state index contributed by atoms with van der Waals surface area (Å²) in [6.45, 7) is 7.96. The monoisotopic (exact) mass is 388 g/mol. The molecule has 3 rings (SSSR count). The molecule has 0 fully saturated rings. The number of benzene rings is 1. The highest BCUT2D eigenvalue weighted by atomic mass is 35.5. The highest BCUT2D eigenvalue weighted by Crippen LogP contribution is 2.26. The van der Waals surface area contributed by atoms with Crippen molar-refractivity contribution in [2.24, 2.45) is 9.98 Å². The standard InChI is InChI=1S/C20H25ClN4O2/c1-4-24-13-17-20(25(5-2)14-24)23-19(22-17)9-7-15-6-8-18(16(21)12-15)27-11-10-26-3/h6-9,12-13H,4-5,10-11,14H2,1-3H3/b9-7+. The SMILES string of the molecule is CCN1C=C2N=C(/C=C/c3ccc(OCCOC)c(Cl)c3)N=C2N(CC)C1. The van der Waals surface area contributed by atoms with Crippen LogP contribution in [-0.4, -0.2) is 61.6 Å². The van der Waals surface area contributed by atoms with Crippen molar-refractivity contribution < 1.29 is 9.47 Å². The molecule has 0 unspecified atom stereocenters. The summed E-state index contributed by atoms with van der Waals surface area (Å²) >= 11 is 6.29. The van der Waals surface area contributed by atoms with Crippen LogP contribution in [0.5, 0.6) is 5.75 Å². The third kappa shape index (κ3) is 4.70. The average Bonchev–Trinajstić information content (AvgIpc) is 3.10. The zero-order valence-corrected chi connectivity index (χ0v) is 16.7. The Morgan fingerprint density at radius 3 is 2.70 bits per heavy atom. The molecule has 0 spiro atoms. The highest BCUT2D eigenvalue weighted by molar-refractivity contribution is 6.32. The van der Waals surface area contributed by atoms with Gasteiger partial charge in [-0.05, 0) is 37.6 Å². The molecule has 1 aromatic rings. The molecule has 0 aliphatic carbocycles. The maximum atomic E-state index is 6.29. The van der Waals surface area contributed by atoms with Crippen molar-refractivity contribution in [1.29, 1.82) is 0 Å². The molecule has 2 heterocycles. The van der Waals surface area contributed by atoms with E-state index in [1.54, 1.807) is 7.11 Å². The van der Waals surface area contributed by atoms with Gasteiger partial charge in [-0.2, -0.15) is 0 Å². The van der Waals surface area contributed by atoms with Crippen molar-refractivity contribution in [2.45, 2.75) is 13.8 Å². The predicted molar refractivity (Wildman–Crippen MR) is 110 cm³/mol. The first-order chi connectivity index (χ1) is 13.1. The number of methoxy groups -OCH3 is 1. The number of likely N-dealkylation sites (N-methyl/N-ethyl adjacent to an activating group) is 1. The average molecular weight is 389 g/mol. The molecule has 0 bridgehead atoms. The predicted octanol–water partition coefficient (Wildman–Crippen LogP) is 3.65. The molecule has 6 nitrogen and oxygen atoms in total. The zero-order valence-electron chi connectivity index (χ0n) is 16.0. The van der Waals surface area contributed by atoms with Gasteiger partial charge < -0.3 is 19.3 Å². The molecule has 2 aliphatic rings. The number of amidine groups is 2. The van der Waals surface area contributed by atoms with Crippen LogP contribution in [0, 0.1) is 0 Å². The molecule has 0 N–H and O–H groups in total. The minimum absolute atomic E-state index is 0.470. The molecule has 0 aromatic heterocycles. The summed E-state index contributed by atoms with van der Waals surface area (Å²) in [6, 6.07) is 5.68. The van der Waals surface area contributed by atoms with E-state index in [0.717, 1.165) is 36.9 Å². The second kappa shape index (κ2) is 9.06. The minimum Gasteiger partial charge on any atom is -0.490 e. The smallest absolute Gasteiger partial charge is 0.160 e. The normalized spacial score (nSPS) is 16.4. The Morgan fingerprint density at radius 1 is 1.15 bits per heavy atom. The fourth-order valence-corrected chi connectivity index (χ4v) is 3.09. The van der Waals surface area contributed by atoms with Gasteiger partial charge in [0.2, 0.25) is 0 Å². The summed E-state index contributed by atoms with van der Waals surface area (Å²) in [7, 11) is 1.64. The Hall–Kier alpha value is -2.31. The summed E-state index contributed by atoms with van der Waals surface area (Å²) in [5.41, 5.74) is 1.89. The second-order valence-corrected chi connectivity index (χ2v) is 6.59. The largest absolute Gasteiger partial charge is 0.490 e. The van der Waals surface area contributed by atoms with Crippen LogP contribution in [0.1, 0.15) is 19.4 Å². The molecule has 2 aliphatic heterocycles. The summed E-state index contributed by atoms with van der Waals surface area (Å²) < 4.78 is 10.6. The number of fused-ring (bicyclic) bond motifs is 1. The number of nitrogens with zero attached hydrogens (tertiary/aromatic N) is 4. The van der Waals surface area contributed by atoms with Gasteiger partial charge >= 0.3 is 0 Å². The van der Waals surface area contributed by atoms with Crippen molar-refractivity contribution in [3.05, 3.63) is 46.8 Å². The van der Waals surface area contributed by atoms with E-state index >= 15 is 0 Å². The van der Waals surface area contributed by atoms with E-state index in [1.165, 1.54) is 0 Å². The lowest BCUT2D eigenvalue weighted by Gasteiger charge is -2.33. The van der Waals surface area contributed by atoms with E-state index in [9.17, 15) is 0 Å². The van der Waals surface area contributed by atoms with E-state index in [-0.39, 0.29) is 0 Å². The Bertz CT molecular complexity index is 801. The Labute approximate surface area is 165 Å². The number of hydrogen-bond acceptors (Lipinski definition) is 6. The lowest BCUT2D eigenvalue weighted by atomic mass is 10.2. The number of ether oxygens (including phenoxy) is 2. The van der Waals surface area contributed by atoms with Crippen LogP contribution in [0.3, 0.4) is 0 Å². The van der Waals surface area contributed by atoms with Gasteiger partial charge in [0.25, 0.3) is 0 Å². The van der Waals surface area contributed by atoms with Crippen LogP contribution in [0.4, 0.5) is 0 Å². The van der Waals surface area contributed by atoms with Gasteiger partial charge in [-0.1, -0.05) is 23.7 Å². The molecular formula is C20H25ClN4O2. The van der Waals surface area contributed by atoms with Gasteiger partial charge in [-0.25, -0.2) is 9.98 Å². The fraction of sp³-hybridized carbons (Fsp3) is 0.400. The van der Waals surface area contributed by atoms with E-state index in [2.05, 4.69) is 39.8 Å². The zero-order chi connectivity index (χ0) is 19.2. The quantitative estimate of drug-likeness (QED) is 0.638. The molecular weight excluding hydrogens is 364 g/mol. The van der Waals surface area contributed by atoms with E-state index in [4.69, 9.17) is 21.1 Å². The lowest BCUT2D eigenvalue weighted by Crippen LogP contribution is -2.43. The molecule has 7 heteroatoms. The summed E-state index contributed by atoms with van der Waals surface area (Å²) in [5, 5.41) is 0.569. The van der Waals surface area contributed by atoms with Crippen molar-refractivity contribution >= 4 is 29.3 Å². The number of hydrogen-bond donors (Lipinski definition) is 0. The first-order valence-electron chi connectivity index (χ1n) is 9.12. The minimum atomic E-state index is 0.470. The van der Waals surface area contributed by atoms with Crippen molar-refractivity contribution in [3.63, 3.8) is 0 Å². The number of rotatable bonds is 8. The van der Waals surface area contributed by atoms with Crippen molar-refractivity contribution in [2.75, 3.05) is 40.1 Å². The maximum absolute atomic E-state index is 6.29. The lowest BCUT2D eigenvalue weighted by molar-refractivity contribution is 0.146. The van der Waals surface area contributed by atoms with Crippen molar-refractivity contribution in [3.8, 4) is 5.75 Å². The van der Waals surface area contributed by atoms with Gasteiger partial charge in [0.15, 0.2) is 11.7 Å². The highest BCUT2D eigenvalue weighted by Gasteiger charge is 2.26. The summed E-state index contributed by atoms with van der Waals surface area (Å²) in [6.07, 6.45) is 5.95. The van der Waals surface area contributed by atoms with Gasteiger partial charge in [0, 0.05) is 26.4 Å². The third-order valence-electron chi connectivity index (χ3n) is 4.36. The van der Waals surface area contributed by atoms with Crippen molar-refractivity contribution in [1.82, 2.24) is 9.80 Å². The fourth-order valence-electron chi connectivity index (χ4n) is 2.84. The van der Waals surface area contributed by atoms with Gasteiger partial charge in [0.05, 0.1) is 18.3 Å². The van der Waals surface area contributed by atoms with Crippen LogP contribution in [0.15, 0.2) is 46.2 Å². The molecule has 1 aromatic carbocycles. The van der Waals surface area contributed by atoms with Gasteiger partial charge in [-0.3, -0.25) is 0 Å². The second-order valence-electron chi connectivity index (χ2n) is 6.19. The molecule has 0 saturated heterocycles. The van der Waals surface area contributed by atoms with Crippen LogP contribution in [0.2, 0.25) is 5.02 Å². The third-order valence-corrected chi connectivity index (χ3v) is 4.65. The van der Waals surface area contributed by atoms with E-state index in [0.29, 0.717) is 29.8 Å². The van der Waals surface area contributed by atoms with Gasteiger partial charge in [0.1, 0.15) is 18.1 Å². The molecule has 0 amide bonds. The number of halogens is 1. The molecule has 27 heavy (non-hydrogen) atoms. The Morgan fingerprint density at radius 2 is 2.00 bits per heavy atom. The molecule has 0 saturated carbocycles. The first kappa shape index (κ1) is 19.5. The van der Waals surface area contributed by atoms with Crippen LogP contribution in [-0.2, 0) is 4.74 Å². The van der Waals surface area contributed by atoms with Gasteiger partial charge in [-0.15, -0.1) is 0 Å². The Balaban J connectivity index is 1.71. The maximum Gasteiger partial charge on any atom is 0.160 e. The topological polar surface area (TPSA) is 49.7 Å². The molecule has 0 atom stereocenters. The Kier molecular flexibility index (Phi) is 6.53. The summed E-state index contributed by atoms with van der Waals surface area (Å²) in [4.78, 5) is 13.8.